The van der Waals surface area contributed by atoms with E-state index in [4.69, 9.17) is 4.74 Å². The highest BCUT2D eigenvalue weighted by Crippen LogP contribution is 2.27. The number of piperidine rings is 1. The molecule has 2 rings (SSSR count). The van der Waals surface area contributed by atoms with Gasteiger partial charge >= 0.3 is 0 Å². The number of benzene rings is 1. The normalized spacial score (nSPS) is 19.5. The molecule has 0 aromatic heterocycles. The molecule has 0 spiro atoms. The lowest BCUT2D eigenvalue weighted by molar-refractivity contribution is -0.119. The van der Waals surface area contributed by atoms with Gasteiger partial charge in [-0.1, -0.05) is 13.3 Å². The Bertz CT molecular complexity index is 628. The maximum absolute atomic E-state index is 12.8. The Morgan fingerprint density at radius 1 is 1.30 bits per heavy atom. The van der Waals surface area contributed by atoms with E-state index in [1.807, 2.05) is 6.92 Å². The second kappa shape index (κ2) is 7.90. The standard InChI is InChI=1S/C16H24N2O4S/c1-3-14-6-4-5-11-18(14)23(20,21)15-9-7-13(8-10-15)17-16(19)12-22-2/h7-10,14H,3-6,11-12H2,1-2H3,(H,17,19). The van der Waals surface area contributed by atoms with Gasteiger partial charge in [-0.15, -0.1) is 0 Å². The number of methoxy groups -OCH3 is 1. The monoisotopic (exact) mass is 340 g/mol. The summed E-state index contributed by atoms with van der Waals surface area (Å²) in [6.45, 7) is 2.56. The third-order valence-electron chi connectivity index (χ3n) is 4.06. The SMILES string of the molecule is CCC1CCCCN1S(=O)(=O)c1ccc(NC(=O)COC)cc1. The zero-order valence-electron chi connectivity index (χ0n) is 13.6. The second-order valence-electron chi connectivity index (χ2n) is 5.68. The Morgan fingerprint density at radius 2 is 2.00 bits per heavy atom. The molecule has 0 radical (unpaired) electrons. The summed E-state index contributed by atoms with van der Waals surface area (Å²) < 4.78 is 32.0. The summed E-state index contributed by atoms with van der Waals surface area (Å²) >= 11 is 0. The second-order valence-corrected chi connectivity index (χ2v) is 7.57. The summed E-state index contributed by atoms with van der Waals surface area (Å²) in [5, 5.41) is 2.65. The lowest BCUT2D eigenvalue weighted by Gasteiger charge is -2.34. The molecule has 1 N–H and O–H groups in total. The average molecular weight is 340 g/mol. The molecule has 1 atom stereocenters. The highest BCUT2D eigenvalue weighted by atomic mass is 32.2. The summed E-state index contributed by atoms with van der Waals surface area (Å²) in [5.74, 6) is -0.273. The predicted molar refractivity (Wildman–Crippen MR) is 88.8 cm³/mol. The van der Waals surface area contributed by atoms with Gasteiger partial charge in [-0.05, 0) is 43.5 Å². The van der Waals surface area contributed by atoms with E-state index in [2.05, 4.69) is 5.32 Å². The number of hydrogen-bond acceptors (Lipinski definition) is 4. The number of anilines is 1. The van der Waals surface area contributed by atoms with Gasteiger partial charge in [-0.2, -0.15) is 4.31 Å². The van der Waals surface area contributed by atoms with Crippen molar-refractivity contribution < 1.29 is 17.9 Å². The van der Waals surface area contributed by atoms with Gasteiger partial charge in [0.1, 0.15) is 6.61 Å². The lowest BCUT2D eigenvalue weighted by atomic mass is 10.0. The molecule has 1 aliphatic heterocycles. The first-order chi connectivity index (χ1) is 11.0. The zero-order chi connectivity index (χ0) is 16.9. The molecule has 1 amide bonds. The molecular weight excluding hydrogens is 316 g/mol. The van der Waals surface area contributed by atoms with Crippen molar-refractivity contribution in [3.05, 3.63) is 24.3 Å². The van der Waals surface area contributed by atoms with Crippen LogP contribution in [0.1, 0.15) is 32.6 Å². The van der Waals surface area contributed by atoms with Gasteiger partial charge in [-0.3, -0.25) is 4.79 Å². The van der Waals surface area contributed by atoms with Crippen LogP contribution in [0.2, 0.25) is 0 Å². The number of hydrogen-bond donors (Lipinski definition) is 1. The first kappa shape index (κ1) is 17.9. The number of sulfonamides is 1. The lowest BCUT2D eigenvalue weighted by Crippen LogP contribution is -2.43. The van der Waals surface area contributed by atoms with E-state index in [1.165, 1.54) is 7.11 Å². The van der Waals surface area contributed by atoms with Gasteiger partial charge in [0.25, 0.3) is 0 Å². The Morgan fingerprint density at radius 3 is 2.61 bits per heavy atom. The fourth-order valence-corrected chi connectivity index (χ4v) is 4.64. The van der Waals surface area contributed by atoms with Crippen LogP contribution in [-0.4, -0.2) is 44.9 Å². The molecule has 1 heterocycles. The maximum Gasteiger partial charge on any atom is 0.250 e. The molecule has 1 aromatic carbocycles. The van der Waals surface area contributed by atoms with Crippen LogP contribution in [0, 0.1) is 0 Å². The van der Waals surface area contributed by atoms with E-state index in [0.717, 1.165) is 25.7 Å². The molecule has 1 aromatic rings. The van der Waals surface area contributed by atoms with Crippen LogP contribution in [0.15, 0.2) is 29.2 Å². The molecule has 1 fully saturated rings. The van der Waals surface area contributed by atoms with Gasteiger partial charge < -0.3 is 10.1 Å². The molecule has 128 valence electrons. The number of ether oxygens (including phenoxy) is 1. The third kappa shape index (κ3) is 4.31. The van der Waals surface area contributed by atoms with Gasteiger partial charge in [0.05, 0.1) is 4.90 Å². The first-order valence-electron chi connectivity index (χ1n) is 7.89. The quantitative estimate of drug-likeness (QED) is 0.861. The van der Waals surface area contributed by atoms with E-state index in [9.17, 15) is 13.2 Å². The topological polar surface area (TPSA) is 75.7 Å². The molecule has 0 saturated carbocycles. The highest BCUT2D eigenvalue weighted by Gasteiger charge is 2.32. The van der Waals surface area contributed by atoms with Crippen LogP contribution in [-0.2, 0) is 19.6 Å². The number of amides is 1. The molecule has 23 heavy (non-hydrogen) atoms. The Kier molecular flexibility index (Phi) is 6.15. The van der Waals surface area contributed by atoms with Crippen molar-refractivity contribution in [2.24, 2.45) is 0 Å². The summed E-state index contributed by atoms with van der Waals surface area (Å²) in [6, 6.07) is 6.37. The van der Waals surface area contributed by atoms with Gasteiger partial charge in [-0.25, -0.2) is 8.42 Å². The van der Waals surface area contributed by atoms with Crippen molar-refractivity contribution >= 4 is 21.6 Å². The summed E-state index contributed by atoms with van der Waals surface area (Å²) in [6.07, 6.45) is 3.72. The zero-order valence-corrected chi connectivity index (χ0v) is 14.4. The Balaban J connectivity index is 2.15. The highest BCUT2D eigenvalue weighted by molar-refractivity contribution is 7.89. The number of carbonyl (C=O) groups excluding carboxylic acids is 1. The molecule has 7 heteroatoms. The van der Waals surface area contributed by atoms with Crippen LogP contribution >= 0.6 is 0 Å². The summed E-state index contributed by atoms with van der Waals surface area (Å²) in [7, 11) is -2.04. The van der Waals surface area contributed by atoms with E-state index in [0.29, 0.717) is 12.2 Å². The fraction of sp³-hybridized carbons (Fsp3) is 0.562. The molecule has 6 nitrogen and oxygen atoms in total. The van der Waals surface area contributed by atoms with Crippen LogP contribution in [0.4, 0.5) is 5.69 Å². The number of carbonyl (C=O) groups is 1. The minimum Gasteiger partial charge on any atom is -0.375 e. The van der Waals surface area contributed by atoms with Gasteiger partial charge in [0.2, 0.25) is 15.9 Å². The molecule has 0 aliphatic carbocycles. The largest absolute Gasteiger partial charge is 0.375 e. The Labute approximate surface area is 137 Å². The van der Waals surface area contributed by atoms with Crippen molar-refractivity contribution in [2.45, 2.75) is 43.5 Å². The smallest absolute Gasteiger partial charge is 0.250 e. The third-order valence-corrected chi connectivity index (χ3v) is 6.03. The average Bonchev–Trinajstić information content (AvgIpc) is 2.55. The van der Waals surface area contributed by atoms with Crippen LogP contribution in [0.5, 0.6) is 0 Å². The van der Waals surface area contributed by atoms with E-state index < -0.39 is 10.0 Å². The van der Waals surface area contributed by atoms with Crippen molar-refractivity contribution in [3.8, 4) is 0 Å². The van der Waals surface area contributed by atoms with Crippen LogP contribution < -0.4 is 5.32 Å². The van der Waals surface area contributed by atoms with E-state index in [1.54, 1.807) is 28.6 Å². The van der Waals surface area contributed by atoms with Crippen LogP contribution in [0.25, 0.3) is 0 Å². The van der Waals surface area contributed by atoms with E-state index >= 15 is 0 Å². The van der Waals surface area contributed by atoms with Gasteiger partial charge in [0.15, 0.2) is 0 Å². The first-order valence-corrected chi connectivity index (χ1v) is 9.33. The minimum absolute atomic E-state index is 0.0357. The molecule has 0 bridgehead atoms. The molecule has 1 unspecified atom stereocenters. The summed E-state index contributed by atoms with van der Waals surface area (Å²) in [5.41, 5.74) is 0.552. The molecule has 1 aliphatic rings. The van der Waals surface area contributed by atoms with Crippen molar-refractivity contribution in [1.29, 1.82) is 0 Å². The van der Waals surface area contributed by atoms with Crippen molar-refractivity contribution in [2.75, 3.05) is 25.6 Å². The molecule has 1 saturated heterocycles. The van der Waals surface area contributed by atoms with Crippen LogP contribution in [0.3, 0.4) is 0 Å². The summed E-state index contributed by atoms with van der Waals surface area (Å²) in [4.78, 5) is 11.7. The minimum atomic E-state index is -3.48. The van der Waals surface area contributed by atoms with E-state index in [-0.39, 0.29) is 23.5 Å². The van der Waals surface area contributed by atoms with Gasteiger partial charge in [0, 0.05) is 25.4 Å². The number of nitrogens with one attached hydrogen (secondary N) is 1. The Hall–Kier alpha value is -1.44. The number of rotatable bonds is 6. The molecular formula is C16H24N2O4S. The predicted octanol–water partition coefficient (Wildman–Crippen LogP) is 2.22. The van der Waals surface area contributed by atoms with Crippen molar-refractivity contribution in [1.82, 2.24) is 4.31 Å². The van der Waals surface area contributed by atoms with Crippen molar-refractivity contribution in [3.63, 3.8) is 0 Å². The maximum atomic E-state index is 12.8. The number of nitrogens with zero attached hydrogens (tertiary/aromatic N) is 1. The fourth-order valence-electron chi connectivity index (χ4n) is 2.87.